The van der Waals surface area contributed by atoms with Gasteiger partial charge in [0.15, 0.2) is 0 Å². The van der Waals surface area contributed by atoms with E-state index in [4.69, 9.17) is 10.5 Å². The highest BCUT2D eigenvalue weighted by molar-refractivity contribution is 14.1. The van der Waals surface area contributed by atoms with Crippen LogP contribution in [0.15, 0.2) is 12.1 Å². The third-order valence-electron chi connectivity index (χ3n) is 3.50. The Morgan fingerprint density at radius 2 is 2.11 bits per heavy atom. The van der Waals surface area contributed by atoms with Crippen LogP contribution in [0.3, 0.4) is 0 Å². The van der Waals surface area contributed by atoms with Crippen molar-refractivity contribution < 1.29 is 9.13 Å². The van der Waals surface area contributed by atoms with Gasteiger partial charge in [-0.1, -0.05) is 6.92 Å². The van der Waals surface area contributed by atoms with Crippen LogP contribution in [0.2, 0.25) is 0 Å². The van der Waals surface area contributed by atoms with Crippen molar-refractivity contribution in [1.82, 2.24) is 0 Å². The molecule has 0 amide bonds. The van der Waals surface area contributed by atoms with Gasteiger partial charge in [0.2, 0.25) is 0 Å². The van der Waals surface area contributed by atoms with Gasteiger partial charge in [-0.3, -0.25) is 0 Å². The monoisotopic (exact) mass is 364 g/mol. The fourth-order valence-electron chi connectivity index (χ4n) is 2.06. The van der Waals surface area contributed by atoms with E-state index in [1.807, 2.05) is 22.6 Å². The molecule has 1 aromatic rings. The number of nitrogens with one attached hydrogen (secondary N) is 1. The second kappa shape index (κ2) is 5.61. The molecule has 1 aliphatic heterocycles. The molecule has 1 fully saturated rings. The summed E-state index contributed by atoms with van der Waals surface area (Å²) >= 11 is 1.94. The largest absolute Gasteiger partial charge is 0.397 e. The fourth-order valence-corrected chi connectivity index (χ4v) is 2.56. The van der Waals surface area contributed by atoms with Gasteiger partial charge in [-0.15, -0.1) is 0 Å². The number of ether oxygens (including phenoxy) is 1. The second-order valence-electron chi connectivity index (χ2n) is 5.13. The summed E-state index contributed by atoms with van der Waals surface area (Å²) < 4.78 is 19.4. The van der Waals surface area contributed by atoms with E-state index in [1.54, 1.807) is 6.07 Å². The van der Waals surface area contributed by atoms with Crippen molar-refractivity contribution in [1.29, 1.82) is 0 Å². The topological polar surface area (TPSA) is 47.3 Å². The maximum atomic E-state index is 13.5. The molecule has 1 heterocycles. The Kier molecular flexibility index (Phi) is 4.32. The zero-order valence-corrected chi connectivity index (χ0v) is 12.6. The molecule has 0 radical (unpaired) electrons. The van der Waals surface area contributed by atoms with Crippen LogP contribution in [-0.4, -0.2) is 19.8 Å². The summed E-state index contributed by atoms with van der Waals surface area (Å²) in [5, 5.41) is 3.27. The van der Waals surface area contributed by atoms with Crippen molar-refractivity contribution in [3.63, 3.8) is 0 Å². The highest BCUT2D eigenvalue weighted by Crippen LogP contribution is 2.31. The Hall–Kier alpha value is -0.560. The summed E-state index contributed by atoms with van der Waals surface area (Å²) in [4.78, 5) is 0. The van der Waals surface area contributed by atoms with Crippen LogP contribution >= 0.6 is 22.6 Å². The molecule has 2 rings (SSSR count). The van der Waals surface area contributed by atoms with Gasteiger partial charge in [0, 0.05) is 25.8 Å². The molecule has 1 saturated heterocycles. The first-order valence-corrected chi connectivity index (χ1v) is 7.14. The molecule has 0 atom stereocenters. The lowest BCUT2D eigenvalue weighted by Gasteiger charge is -2.34. The van der Waals surface area contributed by atoms with Crippen LogP contribution in [0.5, 0.6) is 0 Å². The predicted molar refractivity (Wildman–Crippen MR) is 80.2 cm³/mol. The molecule has 0 aromatic heterocycles. The van der Waals surface area contributed by atoms with Gasteiger partial charge in [-0.25, -0.2) is 4.39 Å². The van der Waals surface area contributed by atoms with E-state index in [9.17, 15) is 4.39 Å². The fraction of sp³-hybridized carbons (Fsp3) is 0.538. The number of benzene rings is 1. The Balaban J connectivity index is 2.03. The number of halogens is 2. The standard InChI is InChI=1S/C13H18FIN2O/c1-13(2-4-18-5-3-13)8-17-12-6-9(14)10(15)7-11(12)16/h6-7,17H,2-5,8,16H2,1H3. The van der Waals surface area contributed by atoms with E-state index < -0.39 is 0 Å². The van der Waals surface area contributed by atoms with Gasteiger partial charge in [0.1, 0.15) is 5.82 Å². The molecule has 100 valence electrons. The van der Waals surface area contributed by atoms with Crippen molar-refractivity contribution in [3.8, 4) is 0 Å². The summed E-state index contributed by atoms with van der Waals surface area (Å²) in [6.07, 6.45) is 2.04. The van der Waals surface area contributed by atoms with Gasteiger partial charge in [0.25, 0.3) is 0 Å². The Labute approximate surface area is 120 Å². The van der Waals surface area contributed by atoms with E-state index in [0.717, 1.165) is 32.6 Å². The summed E-state index contributed by atoms with van der Waals surface area (Å²) in [6, 6.07) is 3.13. The van der Waals surface area contributed by atoms with E-state index in [-0.39, 0.29) is 11.2 Å². The number of hydrogen-bond acceptors (Lipinski definition) is 3. The highest BCUT2D eigenvalue weighted by atomic mass is 127. The normalized spacial score (nSPS) is 18.6. The lowest BCUT2D eigenvalue weighted by Crippen LogP contribution is -2.33. The van der Waals surface area contributed by atoms with Crippen molar-refractivity contribution in [3.05, 3.63) is 21.5 Å². The molecule has 5 heteroatoms. The molecule has 0 aliphatic carbocycles. The molecule has 3 N–H and O–H groups in total. The molecule has 1 aliphatic rings. The molecule has 3 nitrogen and oxygen atoms in total. The first-order chi connectivity index (χ1) is 8.50. The third-order valence-corrected chi connectivity index (χ3v) is 4.32. The smallest absolute Gasteiger partial charge is 0.138 e. The SMILES string of the molecule is CC1(CNc2cc(F)c(I)cc2N)CCOCC1. The second-order valence-corrected chi connectivity index (χ2v) is 6.29. The van der Waals surface area contributed by atoms with Gasteiger partial charge in [-0.2, -0.15) is 0 Å². The number of nitrogens with two attached hydrogens (primary N) is 1. The maximum absolute atomic E-state index is 13.5. The molecule has 0 saturated carbocycles. The van der Waals surface area contributed by atoms with Gasteiger partial charge in [0.05, 0.1) is 14.9 Å². The molecule has 1 aromatic carbocycles. The van der Waals surface area contributed by atoms with Crippen LogP contribution in [0.1, 0.15) is 19.8 Å². The lowest BCUT2D eigenvalue weighted by atomic mass is 9.82. The summed E-state index contributed by atoms with van der Waals surface area (Å²) in [6.45, 7) is 4.62. The third kappa shape index (κ3) is 3.26. The molecule has 0 spiro atoms. The summed E-state index contributed by atoms with van der Waals surface area (Å²) in [5.41, 5.74) is 7.36. The van der Waals surface area contributed by atoms with E-state index >= 15 is 0 Å². The summed E-state index contributed by atoms with van der Waals surface area (Å²) in [5.74, 6) is -0.232. The number of hydrogen-bond donors (Lipinski definition) is 2. The van der Waals surface area contributed by atoms with Crippen molar-refractivity contribution in [2.45, 2.75) is 19.8 Å². The zero-order valence-electron chi connectivity index (χ0n) is 10.4. The zero-order chi connectivity index (χ0) is 13.2. The lowest BCUT2D eigenvalue weighted by molar-refractivity contribution is 0.0300. The van der Waals surface area contributed by atoms with Gasteiger partial charge < -0.3 is 15.8 Å². The van der Waals surface area contributed by atoms with Crippen LogP contribution < -0.4 is 11.1 Å². The quantitative estimate of drug-likeness (QED) is 0.640. The van der Waals surface area contributed by atoms with Gasteiger partial charge >= 0.3 is 0 Å². The van der Waals surface area contributed by atoms with Crippen LogP contribution in [0.25, 0.3) is 0 Å². The minimum Gasteiger partial charge on any atom is -0.397 e. The van der Waals surface area contributed by atoms with Crippen LogP contribution in [0.4, 0.5) is 15.8 Å². The van der Waals surface area contributed by atoms with E-state index in [1.165, 1.54) is 6.07 Å². The Morgan fingerprint density at radius 3 is 2.78 bits per heavy atom. The van der Waals surface area contributed by atoms with Crippen LogP contribution in [-0.2, 0) is 4.74 Å². The van der Waals surface area contributed by atoms with Crippen molar-refractivity contribution in [2.24, 2.45) is 5.41 Å². The molecule has 18 heavy (non-hydrogen) atoms. The molecular weight excluding hydrogens is 346 g/mol. The Bertz CT molecular complexity index is 433. The average molecular weight is 364 g/mol. The minimum atomic E-state index is -0.232. The summed E-state index contributed by atoms with van der Waals surface area (Å²) in [7, 11) is 0. The van der Waals surface area contributed by atoms with E-state index in [2.05, 4.69) is 12.2 Å². The van der Waals surface area contributed by atoms with Crippen molar-refractivity contribution >= 4 is 34.0 Å². The molecule has 0 bridgehead atoms. The number of anilines is 2. The molecular formula is C13H18FIN2O. The molecule has 0 unspecified atom stereocenters. The number of nitrogen functional groups attached to an aromatic ring is 1. The van der Waals surface area contributed by atoms with Crippen LogP contribution in [0, 0.1) is 14.8 Å². The first-order valence-electron chi connectivity index (χ1n) is 6.06. The van der Waals surface area contributed by atoms with Gasteiger partial charge in [-0.05, 0) is 46.9 Å². The highest BCUT2D eigenvalue weighted by Gasteiger charge is 2.27. The average Bonchev–Trinajstić information content (AvgIpc) is 2.33. The van der Waals surface area contributed by atoms with E-state index in [0.29, 0.717) is 14.9 Å². The Morgan fingerprint density at radius 1 is 1.44 bits per heavy atom. The predicted octanol–water partition coefficient (Wildman–Crippen LogP) is 3.24. The first kappa shape index (κ1) is 13.9. The number of rotatable bonds is 3. The maximum Gasteiger partial charge on any atom is 0.138 e. The van der Waals surface area contributed by atoms with Crippen molar-refractivity contribution in [2.75, 3.05) is 30.8 Å². The minimum absolute atomic E-state index is 0.199.